The predicted molar refractivity (Wildman–Crippen MR) is 347 cm³/mol. The molecule has 6 aliphatic rings. The van der Waals surface area contributed by atoms with E-state index < -0.39 is 17.6 Å². The molecule has 94 heavy (non-hydrogen) atoms. The molecule has 3 aromatic carbocycles. The van der Waals surface area contributed by atoms with Crippen molar-refractivity contribution in [3.05, 3.63) is 190 Å². The molecule has 0 spiro atoms. The molecule has 9 aromatic rings. The van der Waals surface area contributed by atoms with Crippen molar-refractivity contribution in [2.75, 3.05) is 0 Å². The third-order valence-electron chi connectivity index (χ3n) is 19.2. The molecule has 3 fully saturated rings. The van der Waals surface area contributed by atoms with Crippen molar-refractivity contribution < 1.29 is 31.9 Å². The maximum absolute atomic E-state index is 14.3. The van der Waals surface area contributed by atoms with Gasteiger partial charge in [0, 0.05) is 80.1 Å². The maximum Gasteiger partial charge on any atom is 0.416 e. The second kappa shape index (κ2) is 25.5. The fraction of sp³-hybridized carbons (Fsp3) is 0.382. The fourth-order valence-electron chi connectivity index (χ4n) is 15.0. The van der Waals surface area contributed by atoms with Gasteiger partial charge in [0.1, 0.15) is 17.5 Å². The number of amides is 3. The Bertz CT molecular complexity index is 4510. The van der Waals surface area contributed by atoms with E-state index in [1.165, 1.54) is 31.2 Å². The molecule has 6 atom stereocenters. The van der Waals surface area contributed by atoms with E-state index in [0.29, 0.717) is 52.3 Å². The van der Waals surface area contributed by atoms with Crippen LogP contribution in [0.5, 0.6) is 0 Å². The lowest BCUT2D eigenvalue weighted by molar-refractivity contribution is -0.138. The van der Waals surface area contributed by atoms with E-state index in [9.17, 15) is 31.9 Å². The number of hydrogen-bond acceptors (Lipinski definition) is 12. The molecule has 6 aromatic heterocycles. The summed E-state index contributed by atoms with van der Waals surface area (Å²) in [6, 6.07) is 17.0. The standard InChI is InChI=1S/C24H24F3N5O.C22H20Cl2FN5O.C22H21Cl2N5O/c1-13-16(7-5-8-18(13)24(25,26)27)23(33)32-15-6-4-9-20(32)22-17(12-15)21(29-14(2)30-22)19-10-11-28-31(19)3;1-11-27-20(16-8-9-26-29(16)2)14-10-12-4-3-5-17(21(14)28-11)30(12)22(31)13-6-7-15(23)19(25)18(13)24;1-12-26-20(17-9-10-25-28(17)2)15-11-13-5-3-8-18(21(15)27-12)29(13)22(30)14-6-4-7-16(23)19(14)24/h5,7-8,10-11,15,20H,4,6,9,12H2,1-3H3;6-9,12,17H,3-5,10H2,1-2H3;4,6-7,9-10,13,18H,3,5,8,11H2,1-2H3/t15-,20+;12-,17+;13-,18+/m000/s1. The van der Waals surface area contributed by atoms with Gasteiger partial charge in [-0.3, -0.25) is 28.4 Å². The monoisotopic (exact) mass is 1360 g/mol. The summed E-state index contributed by atoms with van der Waals surface area (Å²) in [5.41, 5.74) is 11.0. The maximum atomic E-state index is 14.3. The van der Waals surface area contributed by atoms with Crippen LogP contribution in [0.25, 0.3) is 34.2 Å². The van der Waals surface area contributed by atoms with Crippen LogP contribution < -0.4 is 0 Å². The van der Waals surface area contributed by atoms with E-state index in [1.807, 2.05) is 74.6 Å². The van der Waals surface area contributed by atoms with Gasteiger partial charge in [-0.15, -0.1) is 0 Å². The largest absolute Gasteiger partial charge is 0.416 e. The van der Waals surface area contributed by atoms with Gasteiger partial charge in [-0.25, -0.2) is 34.3 Å². The number of alkyl halides is 3. The highest BCUT2D eigenvalue weighted by molar-refractivity contribution is 6.44. The molecule has 486 valence electrons. The molecular weight excluding hydrogens is 1290 g/mol. The first-order chi connectivity index (χ1) is 45.0. The highest BCUT2D eigenvalue weighted by Crippen LogP contribution is 2.49. The molecule has 0 N–H and O–H groups in total. The zero-order chi connectivity index (χ0) is 66.3. The number of benzene rings is 3. The van der Waals surface area contributed by atoms with E-state index >= 15 is 0 Å². The molecule has 3 saturated heterocycles. The van der Waals surface area contributed by atoms with Crippen LogP contribution in [0, 0.1) is 33.5 Å². The topological polar surface area (TPSA) is 192 Å². The van der Waals surface area contributed by atoms with Crippen LogP contribution in [-0.2, 0) is 46.6 Å². The number of piperidine rings is 3. The predicted octanol–water partition coefficient (Wildman–Crippen LogP) is 14.5. The summed E-state index contributed by atoms with van der Waals surface area (Å²) in [6.07, 6.45) is 10.6. The average Bonchev–Trinajstić information content (AvgIpc) is 0.848. The zero-order valence-electron chi connectivity index (χ0n) is 52.5. The second-order valence-electron chi connectivity index (χ2n) is 24.8. The number of rotatable bonds is 6. The molecule has 0 radical (unpaired) electrons. The SMILES string of the molecule is Cc1nc(-c2ccnn2C)c2c(n1)[C@H]1CCC[C@@H](C2)N1C(=O)c1ccc(Cl)c(F)c1Cl.Cc1nc(-c2ccnn2C)c2c(n1)[C@H]1CCC[C@@H](C2)N1C(=O)c1cccc(C(F)(F)F)c1C.Cc1nc(-c2ccnn2C)c2c(n1)[C@H]1CCC[C@@H](C2)N1C(=O)c1cccc(Cl)c1Cl. The van der Waals surface area contributed by atoms with Crippen LogP contribution in [0.2, 0.25) is 20.1 Å². The average molecular weight is 1360 g/mol. The Morgan fingerprint density at radius 3 is 1.21 bits per heavy atom. The molecule has 6 aliphatic heterocycles. The number of fused-ring (bicyclic) bond motifs is 12. The number of aryl methyl sites for hydroxylation is 6. The molecule has 15 rings (SSSR count). The van der Waals surface area contributed by atoms with E-state index in [0.717, 1.165) is 132 Å². The van der Waals surface area contributed by atoms with Crippen LogP contribution in [-0.4, -0.2) is 110 Å². The van der Waals surface area contributed by atoms with Crippen molar-refractivity contribution in [3.8, 4) is 34.2 Å². The molecule has 0 unspecified atom stereocenters. The number of halogens is 8. The summed E-state index contributed by atoms with van der Waals surface area (Å²) in [6.45, 7) is 6.94. The van der Waals surface area contributed by atoms with Crippen molar-refractivity contribution in [3.63, 3.8) is 0 Å². The summed E-state index contributed by atoms with van der Waals surface area (Å²) in [5, 5.41) is 13.2. The van der Waals surface area contributed by atoms with E-state index in [2.05, 4.69) is 15.3 Å². The lowest BCUT2D eigenvalue weighted by atomic mass is 9.80. The molecular formula is C68H65Cl4F4N15O3. The van der Waals surface area contributed by atoms with Crippen molar-refractivity contribution >= 4 is 64.1 Å². The smallest absolute Gasteiger partial charge is 0.327 e. The first-order valence-electron chi connectivity index (χ1n) is 31.3. The Balaban J connectivity index is 0.000000128. The molecule has 26 heteroatoms. The number of hydrogen-bond donors (Lipinski definition) is 0. The van der Waals surface area contributed by atoms with Gasteiger partial charge in [0.2, 0.25) is 0 Å². The summed E-state index contributed by atoms with van der Waals surface area (Å²) in [7, 11) is 5.66. The first-order valence-corrected chi connectivity index (χ1v) is 32.8. The van der Waals surface area contributed by atoms with Crippen LogP contribution in [0.3, 0.4) is 0 Å². The van der Waals surface area contributed by atoms with Gasteiger partial charge >= 0.3 is 6.18 Å². The minimum Gasteiger partial charge on any atom is -0.327 e. The van der Waals surface area contributed by atoms with Gasteiger partial charge in [0.05, 0.1) is 106 Å². The van der Waals surface area contributed by atoms with Crippen LogP contribution >= 0.6 is 46.4 Å². The Kier molecular flexibility index (Phi) is 17.5. The summed E-state index contributed by atoms with van der Waals surface area (Å²) in [5.74, 6) is 0.423. The van der Waals surface area contributed by atoms with Crippen LogP contribution in [0.4, 0.5) is 17.6 Å². The summed E-state index contributed by atoms with van der Waals surface area (Å²) in [4.78, 5) is 74.8. The van der Waals surface area contributed by atoms with Gasteiger partial charge in [-0.05, 0) is 165 Å². The van der Waals surface area contributed by atoms with Crippen molar-refractivity contribution in [2.24, 2.45) is 21.1 Å². The van der Waals surface area contributed by atoms with Gasteiger partial charge in [-0.1, -0.05) is 58.5 Å². The van der Waals surface area contributed by atoms with Crippen molar-refractivity contribution in [1.82, 2.24) is 73.9 Å². The number of aromatic nitrogens is 12. The summed E-state index contributed by atoms with van der Waals surface area (Å²) >= 11 is 24.6. The Hall–Kier alpha value is -8.18. The molecule has 3 amide bonds. The Labute approximate surface area is 559 Å². The molecule has 6 bridgehead atoms. The minimum atomic E-state index is -4.51. The lowest BCUT2D eigenvalue weighted by Crippen LogP contribution is -2.50. The second-order valence-corrected chi connectivity index (χ2v) is 26.4. The van der Waals surface area contributed by atoms with Gasteiger partial charge in [0.15, 0.2) is 5.82 Å². The van der Waals surface area contributed by atoms with Crippen LogP contribution in [0.15, 0.2) is 85.3 Å². The van der Waals surface area contributed by atoms with Crippen LogP contribution in [0.1, 0.15) is 169 Å². The number of carbonyl (C=O) groups is 3. The highest BCUT2D eigenvalue weighted by atomic mass is 35.5. The number of carbonyl (C=O) groups excluding carboxylic acids is 3. The third-order valence-corrected chi connectivity index (χ3v) is 20.6. The Morgan fingerprint density at radius 2 is 0.830 bits per heavy atom. The van der Waals surface area contributed by atoms with Crippen molar-refractivity contribution in [1.29, 1.82) is 0 Å². The van der Waals surface area contributed by atoms with Gasteiger partial charge in [-0.2, -0.15) is 28.5 Å². The number of nitrogens with zero attached hydrogens (tertiary/aromatic N) is 15. The lowest BCUT2D eigenvalue weighted by Gasteiger charge is -2.47. The summed E-state index contributed by atoms with van der Waals surface area (Å²) < 4.78 is 60.1. The normalized spacial score (nSPS) is 20.1. The quantitative estimate of drug-likeness (QED) is 0.113. The fourth-order valence-corrected chi connectivity index (χ4v) is 15.8. The van der Waals surface area contributed by atoms with E-state index in [4.69, 9.17) is 76.3 Å². The molecule has 0 aliphatic carbocycles. The molecule has 12 heterocycles. The Morgan fingerprint density at radius 1 is 0.457 bits per heavy atom. The van der Waals surface area contributed by atoms with E-state index in [-0.39, 0.29) is 80.7 Å². The molecule has 18 nitrogen and oxygen atoms in total. The zero-order valence-corrected chi connectivity index (χ0v) is 55.5. The van der Waals surface area contributed by atoms with Gasteiger partial charge < -0.3 is 14.7 Å². The molecule has 0 saturated carbocycles. The highest BCUT2D eigenvalue weighted by Gasteiger charge is 2.47. The van der Waals surface area contributed by atoms with Gasteiger partial charge in [0.25, 0.3) is 17.7 Å². The minimum absolute atomic E-state index is 0.0340. The van der Waals surface area contributed by atoms with Crippen molar-refractivity contribution in [2.45, 2.75) is 147 Å². The van der Waals surface area contributed by atoms with E-state index in [1.54, 1.807) is 51.1 Å². The first kappa shape index (κ1) is 64.5. The third kappa shape index (κ3) is 11.6.